The summed E-state index contributed by atoms with van der Waals surface area (Å²) < 4.78 is 4.95. The number of nitrogens with one attached hydrogen (secondary N) is 1. The maximum atomic E-state index is 11.6. The lowest BCUT2D eigenvalue weighted by Crippen LogP contribution is -2.03. The van der Waals surface area contributed by atoms with E-state index in [9.17, 15) is 4.79 Å². The van der Waals surface area contributed by atoms with Gasteiger partial charge in [0, 0.05) is 0 Å². The quantitative estimate of drug-likeness (QED) is 0.518. The second-order valence-corrected chi connectivity index (χ2v) is 4.67. The molecule has 2 aromatic carbocycles. The third kappa shape index (κ3) is 4.19. The van der Waals surface area contributed by atoms with E-state index in [4.69, 9.17) is 15.3 Å². The first-order chi connectivity index (χ1) is 11.7. The van der Waals surface area contributed by atoms with Crippen LogP contribution in [0.15, 0.2) is 53.6 Å². The van der Waals surface area contributed by atoms with Crippen LogP contribution in [0.4, 0.5) is 5.69 Å². The maximum absolute atomic E-state index is 11.6. The van der Waals surface area contributed by atoms with Crippen LogP contribution in [0.5, 0.6) is 0 Å². The van der Waals surface area contributed by atoms with Gasteiger partial charge in [-0.15, -0.1) is 0 Å². The highest BCUT2D eigenvalue weighted by Crippen LogP contribution is 2.22. The van der Waals surface area contributed by atoms with Gasteiger partial charge in [-0.25, -0.2) is 4.79 Å². The third-order valence-corrected chi connectivity index (χ3v) is 3.12. The Labute approximate surface area is 139 Å². The standard InChI is InChI=1S/C18H14N4O2/c1-2-24-18(23)15-5-3-13(4-6-15)14-7-9-16(10-8-14)21-22-17(11-19)12-20/h3-10,21H,2H2,1H3. The van der Waals surface area contributed by atoms with Gasteiger partial charge < -0.3 is 4.74 Å². The van der Waals surface area contributed by atoms with Gasteiger partial charge in [0.05, 0.1) is 17.9 Å². The number of esters is 1. The lowest BCUT2D eigenvalue weighted by molar-refractivity contribution is 0.0526. The number of carbonyl (C=O) groups is 1. The van der Waals surface area contributed by atoms with E-state index in [1.807, 2.05) is 24.3 Å². The summed E-state index contributed by atoms with van der Waals surface area (Å²) >= 11 is 0. The lowest BCUT2D eigenvalue weighted by Gasteiger charge is -2.06. The summed E-state index contributed by atoms with van der Waals surface area (Å²) in [5.41, 5.74) is 5.48. The van der Waals surface area contributed by atoms with Gasteiger partial charge in [0.15, 0.2) is 0 Å². The summed E-state index contributed by atoms with van der Waals surface area (Å²) in [6.07, 6.45) is 0. The van der Waals surface area contributed by atoms with Gasteiger partial charge in [0.1, 0.15) is 12.1 Å². The molecule has 24 heavy (non-hydrogen) atoms. The molecule has 118 valence electrons. The number of hydrogen-bond acceptors (Lipinski definition) is 6. The Morgan fingerprint density at radius 1 is 1.04 bits per heavy atom. The van der Waals surface area contributed by atoms with Gasteiger partial charge >= 0.3 is 5.97 Å². The number of ether oxygens (including phenoxy) is 1. The van der Waals surface area contributed by atoms with Gasteiger partial charge in [-0.2, -0.15) is 15.6 Å². The molecule has 0 aliphatic rings. The summed E-state index contributed by atoms with van der Waals surface area (Å²) in [6.45, 7) is 2.11. The predicted octanol–water partition coefficient (Wildman–Crippen LogP) is 3.35. The fourth-order valence-electron chi connectivity index (χ4n) is 1.95. The van der Waals surface area contributed by atoms with E-state index in [2.05, 4.69) is 10.5 Å². The van der Waals surface area contributed by atoms with Crippen molar-refractivity contribution in [2.45, 2.75) is 6.92 Å². The molecule has 0 saturated carbocycles. The van der Waals surface area contributed by atoms with Gasteiger partial charge in [-0.3, -0.25) is 5.43 Å². The highest BCUT2D eigenvalue weighted by atomic mass is 16.5. The molecule has 0 bridgehead atoms. The van der Waals surface area contributed by atoms with Crippen LogP contribution in [-0.2, 0) is 4.74 Å². The Hall–Kier alpha value is -3.64. The number of rotatable bonds is 5. The number of carbonyl (C=O) groups excluding carboxylic acids is 1. The van der Waals surface area contributed by atoms with Crippen molar-refractivity contribution < 1.29 is 9.53 Å². The van der Waals surface area contributed by atoms with E-state index in [-0.39, 0.29) is 11.7 Å². The minimum absolute atomic E-state index is 0.242. The van der Waals surface area contributed by atoms with Crippen molar-refractivity contribution in [1.29, 1.82) is 10.5 Å². The minimum Gasteiger partial charge on any atom is -0.462 e. The van der Waals surface area contributed by atoms with Crippen molar-refractivity contribution in [3.63, 3.8) is 0 Å². The Morgan fingerprint density at radius 3 is 2.08 bits per heavy atom. The summed E-state index contributed by atoms with van der Waals surface area (Å²) in [6, 6.07) is 17.8. The second-order valence-electron chi connectivity index (χ2n) is 4.67. The van der Waals surface area contributed by atoms with Crippen LogP contribution in [0.25, 0.3) is 11.1 Å². The average molecular weight is 318 g/mol. The molecule has 2 rings (SSSR count). The van der Waals surface area contributed by atoms with E-state index in [0.29, 0.717) is 17.9 Å². The Bertz CT molecular complexity index is 809. The molecule has 0 aliphatic heterocycles. The number of hydrogen-bond donors (Lipinski definition) is 1. The number of benzene rings is 2. The topological polar surface area (TPSA) is 98.3 Å². The molecular weight excluding hydrogens is 304 g/mol. The highest BCUT2D eigenvalue weighted by molar-refractivity contribution is 6.10. The number of nitrogens with zero attached hydrogens (tertiary/aromatic N) is 3. The smallest absolute Gasteiger partial charge is 0.338 e. The predicted molar refractivity (Wildman–Crippen MR) is 90.1 cm³/mol. The van der Waals surface area contributed by atoms with Crippen LogP contribution >= 0.6 is 0 Å². The molecule has 1 N–H and O–H groups in total. The fourth-order valence-corrected chi connectivity index (χ4v) is 1.95. The Morgan fingerprint density at radius 2 is 1.58 bits per heavy atom. The molecule has 0 unspecified atom stereocenters. The molecule has 0 atom stereocenters. The largest absolute Gasteiger partial charge is 0.462 e. The first-order valence-corrected chi connectivity index (χ1v) is 7.19. The molecular formula is C18H14N4O2. The zero-order valence-corrected chi connectivity index (χ0v) is 13.0. The SMILES string of the molecule is CCOC(=O)c1ccc(-c2ccc(NN=C(C#N)C#N)cc2)cc1. The molecule has 6 heteroatoms. The summed E-state index contributed by atoms with van der Waals surface area (Å²) in [5, 5.41) is 20.9. The lowest BCUT2D eigenvalue weighted by atomic mass is 10.0. The molecule has 2 aromatic rings. The molecule has 0 fully saturated rings. The van der Waals surface area contributed by atoms with Gasteiger partial charge in [-0.05, 0) is 42.3 Å². The molecule has 0 amide bonds. The van der Waals surface area contributed by atoms with Crippen molar-refractivity contribution in [1.82, 2.24) is 0 Å². The average Bonchev–Trinajstić information content (AvgIpc) is 2.63. The normalized spacial score (nSPS) is 9.29. The first kappa shape index (κ1) is 16.7. The van der Waals surface area contributed by atoms with Crippen LogP contribution in [-0.4, -0.2) is 18.3 Å². The number of hydrazone groups is 1. The molecule has 0 aromatic heterocycles. The second kappa shape index (κ2) is 8.11. The molecule has 0 spiro atoms. The van der Waals surface area contributed by atoms with E-state index >= 15 is 0 Å². The van der Waals surface area contributed by atoms with Gasteiger partial charge in [0.2, 0.25) is 5.71 Å². The van der Waals surface area contributed by atoms with Crippen molar-refractivity contribution >= 4 is 17.4 Å². The van der Waals surface area contributed by atoms with Crippen LogP contribution in [0.1, 0.15) is 17.3 Å². The van der Waals surface area contributed by atoms with Crippen molar-refractivity contribution in [3.05, 3.63) is 54.1 Å². The fraction of sp³-hybridized carbons (Fsp3) is 0.111. The highest BCUT2D eigenvalue weighted by Gasteiger charge is 2.06. The molecule has 0 aliphatic carbocycles. The van der Waals surface area contributed by atoms with Crippen molar-refractivity contribution in [3.8, 4) is 23.3 Å². The van der Waals surface area contributed by atoms with E-state index in [1.54, 1.807) is 43.3 Å². The first-order valence-electron chi connectivity index (χ1n) is 7.19. The van der Waals surface area contributed by atoms with Gasteiger partial charge in [0.25, 0.3) is 0 Å². The zero-order valence-electron chi connectivity index (χ0n) is 13.0. The van der Waals surface area contributed by atoms with Gasteiger partial charge in [-0.1, -0.05) is 24.3 Å². The summed E-state index contributed by atoms with van der Waals surface area (Å²) in [4.78, 5) is 11.6. The van der Waals surface area contributed by atoms with Crippen LogP contribution in [0.2, 0.25) is 0 Å². The molecule has 0 heterocycles. The molecule has 6 nitrogen and oxygen atoms in total. The number of anilines is 1. The summed E-state index contributed by atoms with van der Waals surface area (Å²) in [7, 11) is 0. The van der Waals surface area contributed by atoms with Crippen LogP contribution in [0.3, 0.4) is 0 Å². The maximum Gasteiger partial charge on any atom is 0.338 e. The van der Waals surface area contributed by atoms with Crippen LogP contribution < -0.4 is 5.43 Å². The van der Waals surface area contributed by atoms with E-state index in [0.717, 1.165) is 11.1 Å². The zero-order chi connectivity index (χ0) is 17.4. The molecule has 0 saturated heterocycles. The summed E-state index contributed by atoms with van der Waals surface area (Å²) in [5.74, 6) is -0.341. The van der Waals surface area contributed by atoms with E-state index < -0.39 is 0 Å². The monoisotopic (exact) mass is 318 g/mol. The molecule has 0 radical (unpaired) electrons. The van der Waals surface area contributed by atoms with Crippen LogP contribution in [0, 0.1) is 22.7 Å². The van der Waals surface area contributed by atoms with E-state index in [1.165, 1.54) is 0 Å². The Balaban J connectivity index is 2.11. The van der Waals surface area contributed by atoms with Crippen molar-refractivity contribution in [2.24, 2.45) is 5.10 Å². The third-order valence-electron chi connectivity index (χ3n) is 3.12. The Kier molecular flexibility index (Phi) is 5.65. The number of nitriles is 2. The minimum atomic E-state index is -0.341. The van der Waals surface area contributed by atoms with Crippen molar-refractivity contribution in [2.75, 3.05) is 12.0 Å².